The summed E-state index contributed by atoms with van der Waals surface area (Å²) in [6.45, 7) is 5.19. The molecule has 1 aliphatic rings. The van der Waals surface area contributed by atoms with Crippen molar-refractivity contribution in [3.8, 4) is 0 Å². The van der Waals surface area contributed by atoms with E-state index in [-0.39, 0.29) is 23.5 Å². The number of carbonyl (C=O) groups excluding carboxylic acids is 1. The zero-order chi connectivity index (χ0) is 20.6. The molecule has 4 rings (SSSR count). The van der Waals surface area contributed by atoms with E-state index in [4.69, 9.17) is 0 Å². The molecule has 2 aromatic heterocycles. The molecule has 1 aromatic carbocycles. The third-order valence-electron chi connectivity index (χ3n) is 5.37. The Balaban J connectivity index is 1.64. The summed E-state index contributed by atoms with van der Waals surface area (Å²) in [6, 6.07) is 11.8. The molecule has 0 radical (unpaired) electrons. The van der Waals surface area contributed by atoms with E-state index in [2.05, 4.69) is 17.2 Å². The molecule has 1 atom stereocenters. The Morgan fingerprint density at radius 1 is 1.31 bits per heavy atom. The molecule has 1 fully saturated rings. The molecule has 0 aliphatic carbocycles. The summed E-state index contributed by atoms with van der Waals surface area (Å²) in [5, 5.41) is 5.64. The van der Waals surface area contributed by atoms with Crippen LogP contribution in [0.1, 0.15) is 40.7 Å². The van der Waals surface area contributed by atoms with Gasteiger partial charge in [0.25, 0.3) is 5.91 Å². The summed E-state index contributed by atoms with van der Waals surface area (Å²) in [7, 11) is -3.04. The molecule has 0 bridgehead atoms. The summed E-state index contributed by atoms with van der Waals surface area (Å²) in [4.78, 5) is 16.7. The van der Waals surface area contributed by atoms with Crippen LogP contribution in [-0.2, 0) is 16.4 Å². The second-order valence-electron chi connectivity index (χ2n) is 7.61. The Kier molecular flexibility index (Phi) is 5.48. The van der Waals surface area contributed by atoms with Crippen molar-refractivity contribution in [1.82, 2.24) is 14.7 Å². The van der Waals surface area contributed by atoms with Gasteiger partial charge in [0.15, 0.2) is 9.84 Å². The van der Waals surface area contributed by atoms with Gasteiger partial charge in [0.1, 0.15) is 4.83 Å². The van der Waals surface area contributed by atoms with Crippen LogP contribution in [0.15, 0.2) is 36.4 Å². The smallest absolute Gasteiger partial charge is 0.264 e. The van der Waals surface area contributed by atoms with Crippen molar-refractivity contribution in [3.05, 3.63) is 52.5 Å². The zero-order valence-corrected chi connectivity index (χ0v) is 18.3. The highest BCUT2D eigenvalue weighted by atomic mass is 32.2. The first kappa shape index (κ1) is 20.1. The molecular weight excluding hydrogens is 406 g/mol. The molecule has 8 heteroatoms. The molecule has 0 spiro atoms. The Morgan fingerprint density at radius 3 is 2.72 bits per heavy atom. The fraction of sp³-hybridized carbons (Fsp3) is 0.429. The standard InChI is InChI=1S/C21H25N3O3S2/c1-3-10-23(17-9-11-29(26,27)14-17)20(25)19-12-18-15(2)22-24(21(18)28-19)13-16-7-5-4-6-8-16/h4-8,12,17H,3,9-11,13-14H2,1-2H3. The van der Waals surface area contributed by atoms with Crippen molar-refractivity contribution >= 4 is 37.3 Å². The highest BCUT2D eigenvalue weighted by Gasteiger charge is 2.35. The summed E-state index contributed by atoms with van der Waals surface area (Å²) in [5.74, 6) is 0.175. The predicted molar refractivity (Wildman–Crippen MR) is 116 cm³/mol. The number of sulfone groups is 1. The zero-order valence-electron chi connectivity index (χ0n) is 16.7. The third-order valence-corrected chi connectivity index (χ3v) is 8.25. The van der Waals surface area contributed by atoms with Crippen molar-refractivity contribution in [1.29, 1.82) is 0 Å². The van der Waals surface area contributed by atoms with Crippen molar-refractivity contribution < 1.29 is 13.2 Å². The number of carbonyl (C=O) groups is 1. The lowest BCUT2D eigenvalue weighted by Gasteiger charge is -2.27. The number of rotatable bonds is 6. The van der Waals surface area contributed by atoms with Crippen molar-refractivity contribution in [2.24, 2.45) is 0 Å². The SMILES string of the molecule is CCCN(C(=O)c1cc2c(C)nn(Cc3ccccc3)c2s1)C1CCS(=O)(=O)C1. The maximum absolute atomic E-state index is 13.3. The lowest BCUT2D eigenvalue weighted by Crippen LogP contribution is -2.41. The van der Waals surface area contributed by atoms with Crippen LogP contribution in [0.5, 0.6) is 0 Å². The van der Waals surface area contributed by atoms with Crippen molar-refractivity contribution in [2.45, 2.75) is 39.3 Å². The van der Waals surface area contributed by atoms with E-state index in [0.29, 0.717) is 24.4 Å². The molecule has 1 unspecified atom stereocenters. The quantitative estimate of drug-likeness (QED) is 0.599. The van der Waals surface area contributed by atoms with Gasteiger partial charge in [-0.25, -0.2) is 8.42 Å². The third kappa shape index (κ3) is 4.09. The highest BCUT2D eigenvalue weighted by Crippen LogP contribution is 2.31. The molecular formula is C21H25N3O3S2. The molecule has 154 valence electrons. The summed E-state index contributed by atoms with van der Waals surface area (Å²) < 4.78 is 25.8. The van der Waals surface area contributed by atoms with Gasteiger partial charge in [-0.1, -0.05) is 37.3 Å². The van der Waals surface area contributed by atoms with E-state index in [1.54, 1.807) is 4.90 Å². The van der Waals surface area contributed by atoms with Crippen molar-refractivity contribution in [3.63, 3.8) is 0 Å². The maximum Gasteiger partial charge on any atom is 0.264 e. The first-order valence-electron chi connectivity index (χ1n) is 9.90. The van der Waals surface area contributed by atoms with Crippen LogP contribution in [0.4, 0.5) is 0 Å². The van der Waals surface area contributed by atoms with Gasteiger partial charge in [-0.3, -0.25) is 9.48 Å². The summed E-state index contributed by atoms with van der Waals surface area (Å²) >= 11 is 1.44. The van der Waals surface area contributed by atoms with Crippen molar-refractivity contribution in [2.75, 3.05) is 18.1 Å². The minimum absolute atomic E-state index is 0.0687. The minimum Gasteiger partial charge on any atom is -0.334 e. The summed E-state index contributed by atoms with van der Waals surface area (Å²) in [6.07, 6.45) is 1.33. The molecule has 1 saturated heterocycles. The number of hydrogen-bond acceptors (Lipinski definition) is 5. The average molecular weight is 432 g/mol. The number of aromatic nitrogens is 2. The largest absolute Gasteiger partial charge is 0.334 e. The topological polar surface area (TPSA) is 72.3 Å². The normalized spacial score (nSPS) is 18.3. The van der Waals surface area contributed by atoms with Gasteiger partial charge in [0.05, 0.1) is 28.6 Å². The predicted octanol–water partition coefficient (Wildman–Crippen LogP) is 3.49. The second-order valence-corrected chi connectivity index (χ2v) is 10.9. The number of amides is 1. The molecule has 3 aromatic rings. The number of benzene rings is 1. The van der Waals surface area contributed by atoms with Gasteiger partial charge in [-0.2, -0.15) is 5.10 Å². The van der Waals surface area contributed by atoms with Crippen LogP contribution in [0.3, 0.4) is 0 Å². The van der Waals surface area contributed by atoms with Crippen LogP contribution in [-0.4, -0.2) is 53.1 Å². The molecule has 0 N–H and O–H groups in total. The molecule has 6 nitrogen and oxygen atoms in total. The number of thiophene rings is 1. The highest BCUT2D eigenvalue weighted by molar-refractivity contribution is 7.91. The molecule has 1 amide bonds. The van der Waals surface area contributed by atoms with E-state index >= 15 is 0 Å². The number of hydrogen-bond donors (Lipinski definition) is 0. The Labute approximate surface area is 175 Å². The maximum atomic E-state index is 13.3. The molecule has 3 heterocycles. The Morgan fingerprint density at radius 2 is 2.07 bits per heavy atom. The minimum atomic E-state index is -3.04. The van der Waals surface area contributed by atoms with Gasteiger partial charge < -0.3 is 4.90 Å². The lowest BCUT2D eigenvalue weighted by atomic mass is 10.2. The number of aryl methyl sites for hydroxylation is 1. The van der Waals surface area contributed by atoms with E-state index in [1.807, 2.05) is 42.8 Å². The van der Waals surface area contributed by atoms with Crippen LogP contribution < -0.4 is 0 Å². The van der Waals surface area contributed by atoms with Gasteiger partial charge in [-0.15, -0.1) is 11.3 Å². The van der Waals surface area contributed by atoms with Crippen LogP contribution >= 0.6 is 11.3 Å². The first-order valence-corrected chi connectivity index (χ1v) is 12.5. The Hall–Kier alpha value is -2.19. The summed E-state index contributed by atoms with van der Waals surface area (Å²) in [5.41, 5.74) is 2.05. The molecule has 29 heavy (non-hydrogen) atoms. The van der Waals surface area contributed by atoms with E-state index in [9.17, 15) is 13.2 Å². The van der Waals surface area contributed by atoms with Gasteiger partial charge in [0.2, 0.25) is 0 Å². The van der Waals surface area contributed by atoms with E-state index in [0.717, 1.165) is 27.9 Å². The van der Waals surface area contributed by atoms with Gasteiger partial charge >= 0.3 is 0 Å². The van der Waals surface area contributed by atoms with E-state index < -0.39 is 9.84 Å². The number of nitrogens with zero attached hydrogens (tertiary/aromatic N) is 3. The monoisotopic (exact) mass is 431 g/mol. The fourth-order valence-electron chi connectivity index (χ4n) is 3.94. The lowest BCUT2D eigenvalue weighted by molar-refractivity contribution is 0.0702. The van der Waals surface area contributed by atoms with E-state index in [1.165, 1.54) is 11.3 Å². The molecule has 1 aliphatic heterocycles. The second kappa shape index (κ2) is 7.91. The van der Waals surface area contributed by atoms with Gasteiger partial charge in [0, 0.05) is 18.0 Å². The number of fused-ring (bicyclic) bond motifs is 1. The van der Waals surface area contributed by atoms with Gasteiger partial charge in [-0.05, 0) is 31.4 Å². The molecule has 0 saturated carbocycles. The van der Waals surface area contributed by atoms with Crippen LogP contribution in [0.2, 0.25) is 0 Å². The fourth-order valence-corrected chi connectivity index (χ4v) is 6.78. The average Bonchev–Trinajstić information content (AvgIpc) is 3.36. The van der Waals surface area contributed by atoms with Crippen LogP contribution in [0, 0.1) is 6.92 Å². The first-order chi connectivity index (χ1) is 13.9. The Bertz CT molecular complexity index is 1130. The van der Waals surface area contributed by atoms with Crippen LogP contribution in [0.25, 0.3) is 10.2 Å².